The Balaban J connectivity index is 2.01. The van der Waals surface area contributed by atoms with E-state index in [0.717, 1.165) is 24.2 Å². The van der Waals surface area contributed by atoms with Crippen LogP contribution >= 0.6 is 0 Å². The summed E-state index contributed by atoms with van der Waals surface area (Å²) in [6.07, 6.45) is 1.56. The second-order valence-corrected chi connectivity index (χ2v) is 4.71. The maximum Gasteiger partial charge on any atom is 0.305 e. The van der Waals surface area contributed by atoms with E-state index in [1.54, 1.807) is 7.11 Å². The monoisotopic (exact) mass is 263 g/mol. The summed E-state index contributed by atoms with van der Waals surface area (Å²) in [5, 5.41) is 11.2. The lowest BCUT2D eigenvalue weighted by molar-refractivity contribution is -0.137. The first-order chi connectivity index (χ1) is 9.08. The molecule has 0 radical (unpaired) electrons. The van der Waals surface area contributed by atoms with Crippen molar-refractivity contribution < 1.29 is 19.4 Å². The van der Waals surface area contributed by atoms with E-state index in [-0.39, 0.29) is 18.9 Å². The number of ether oxygens (including phenoxy) is 1. The Kier molecular flexibility index (Phi) is 3.74. The Morgan fingerprint density at radius 1 is 1.32 bits per heavy atom. The number of carboxylic acids is 1. The van der Waals surface area contributed by atoms with Gasteiger partial charge in [0.2, 0.25) is 5.91 Å². The number of amides is 1. The first-order valence-corrected chi connectivity index (χ1v) is 6.23. The lowest BCUT2D eigenvalue weighted by atomic mass is 9.95. The van der Waals surface area contributed by atoms with Crippen molar-refractivity contribution in [1.29, 1.82) is 0 Å². The van der Waals surface area contributed by atoms with E-state index in [1.165, 1.54) is 0 Å². The van der Waals surface area contributed by atoms with E-state index in [9.17, 15) is 9.59 Å². The number of aliphatic carboxylic acids is 1. The molecule has 5 heteroatoms. The Bertz CT molecular complexity index is 477. The number of carbonyl (C=O) groups excluding carboxylic acids is 1. The van der Waals surface area contributed by atoms with E-state index in [0.29, 0.717) is 0 Å². The van der Waals surface area contributed by atoms with Gasteiger partial charge in [-0.15, -0.1) is 0 Å². The molecule has 1 fully saturated rings. The highest BCUT2D eigenvalue weighted by Crippen LogP contribution is 2.48. The number of hydrogen-bond acceptors (Lipinski definition) is 3. The first-order valence-electron chi connectivity index (χ1n) is 6.23. The van der Waals surface area contributed by atoms with Crippen LogP contribution in [0.3, 0.4) is 0 Å². The quantitative estimate of drug-likeness (QED) is 0.811. The molecule has 1 saturated carbocycles. The second kappa shape index (κ2) is 5.30. The van der Waals surface area contributed by atoms with Crippen molar-refractivity contribution in [1.82, 2.24) is 5.32 Å². The fraction of sp³-hybridized carbons (Fsp3) is 0.429. The minimum absolute atomic E-state index is 0.0512. The molecule has 2 rings (SSSR count). The third kappa shape index (κ3) is 2.86. The molecule has 0 atom stereocenters. The smallest absolute Gasteiger partial charge is 0.305 e. The molecule has 102 valence electrons. The molecule has 0 spiro atoms. The molecule has 1 aromatic rings. The Hall–Kier alpha value is -2.04. The molecule has 1 aliphatic rings. The van der Waals surface area contributed by atoms with Crippen LogP contribution in [0.5, 0.6) is 5.75 Å². The van der Waals surface area contributed by atoms with Gasteiger partial charge in [0.1, 0.15) is 5.75 Å². The van der Waals surface area contributed by atoms with Crippen LogP contribution in [0.2, 0.25) is 0 Å². The summed E-state index contributed by atoms with van der Waals surface area (Å²) < 4.78 is 5.09. The molecule has 2 N–H and O–H groups in total. The van der Waals surface area contributed by atoms with Gasteiger partial charge >= 0.3 is 5.97 Å². The zero-order valence-corrected chi connectivity index (χ0v) is 10.8. The summed E-state index contributed by atoms with van der Waals surface area (Å²) in [6.45, 7) is 0.173. The summed E-state index contributed by atoms with van der Waals surface area (Å²) in [6, 6.07) is 7.45. The van der Waals surface area contributed by atoms with Gasteiger partial charge in [0.25, 0.3) is 0 Å². The van der Waals surface area contributed by atoms with Crippen LogP contribution in [0.4, 0.5) is 0 Å². The maximum absolute atomic E-state index is 12.1. The van der Waals surface area contributed by atoms with Gasteiger partial charge in [0, 0.05) is 6.54 Å². The van der Waals surface area contributed by atoms with Crippen molar-refractivity contribution in [3.8, 4) is 5.75 Å². The molecular formula is C14H17NO4. The predicted molar refractivity (Wildman–Crippen MR) is 69.2 cm³/mol. The number of carboxylic acid groups (broad SMARTS) is 1. The van der Waals surface area contributed by atoms with Crippen molar-refractivity contribution >= 4 is 11.9 Å². The summed E-state index contributed by atoms with van der Waals surface area (Å²) >= 11 is 0. The lowest BCUT2D eigenvalue weighted by Gasteiger charge is -2.15. The van der Waals surface area contributed by atoms with Crippen LogP contribution in [0.15, 0.2) is 24.3 Å². The molecule has 1 aliphatic carbocycles. The van der Waals surface area contributed by atoms with Crippen LogP contribution in [-0.4, -0.2) is 30.6 Å². The molecule has 0 heterocycles. The van der Waals surface area contributed by atoms with Gasteiger partial charge < -0.3 is 15.2 Å². The van der Waals surface area contributed by atoms with Gasteiger partial charge in [0.15, 0.2) is 0 Å². The van der Waals surface area contributed by atoms with E-state index in [2.05, 4.69) is 5.32 Å². The summed E-state index contributed by atoms with van der Waals surface area (Å²) in [7, 11) is 1.60. The number of rotatable bonds is 6. The number of methoxy groups -OCH3 is 1. The molecule has 1 amide bonds. The van der Waals surface area contributed by atoms with Gasteiger partial charge in [0.05, 0.1) is 18.9 Å². The van der Waals surface area contributed by atoms with Gasteiger partial charge in [-0.1, -0.05) is 12.1 Å². The van der Waals surface area contributed by atoms with Crippen LogP contribution in [-0.2, 0) is 15.0 Å². The maximum atomic E-state index is 12.1. The van der Waals surface area contributed by atoms with Crippen molar-refractivity contribution in [3.63, 3.8) is 0 Å². The molecule has 5 nitrogen and oxygen atoms in total. The number of benzene rings is 1. The topological polar surface area (TPSA) is 75.6 Å². The van der Waals surface area contributed by atoms with Crippen molar-refractivity contribution in [2.75, 3.05) is 13.7 Å². The van der Waals surface area contributed by atoms with Crippen LogP contribution in [0, 0.1) is 0 Å². The zero-order valence-electron chi connectivity index (χ0n) is 10.8. The van der Waals surface area contributed by atoms with E-state index in [1.807, 2.05) is 24.3 Å². The SMILES string of the molecule is COc1ccc(C2(C(=O)NCCC(=O)O)CC2)cc1. The Labute approximate surface area is 111 Å². The average Bonchev–Trinajstić information content (AvgIpc) is 3.20. The molecule has 0 aromatic heterocycles. The van der Waals surface area contributed by atoms with E-state index in [4.69, 9.17) is 9.84 Å². The number of hydrogen-bond donors (Lipinski definition) is 2. The molecule has 0 saturated heterocycles. The molecular weight excluding hydrogens is 246 g/mol. The van der Waals surface area contributed by atoms with Crippen molar-refractivity contribution in [2.24, 2.45) is 0 Å². The van der Waals surface area contributed by atoms with Gasteiger partial charge in [-0.3, -0.25) is 9.59 Å². The molecule has 1 aromatic carbocycles. The molecule has 0 bridgehead atoms. The number of carbonyl (C=O) groups is 2. The van der Waals surface area contributed by atoms with Gasteiger partial charge in [-0.25, -0.2) is 0 Å². The summed E-state index contributed by atoms with van der Waals surface area (Å²) in [5.74, 6) is -0.237. The Morgan fingerprint density at radius 2 is 1.95 bits per heavy atom. The highest BCUT2D eigenvalue weighted by Gasteiger charge is 2.51. The molecule has 0 aliphatic heterocycles. The zero-order chi connectivity index (χ0) is 13.9. The van der Waals surface area contributed by atoms with Gasteiger partial charge in [-0.05, 0) is 30.5 Å². The average molecular weight is 263 g/mol. The van der Waals surface area contributed by atoms with Crippen LogP contribution in [0.1, 0.15) is 24.8 Å². The third-order valence-electron chi connectivity index (χ3n) is 3.45. The summed E-state index contributed by atoms with van der Waals surface area (Å²) in [5.41, 5.74) is 0.492. The minimum atomic E-state index is -0.908. The first kappa shape index (κ1) is 13.4. The highest BCUT2D eigenvalue weighted by atomic mass is 16.5. The largest absolute Gasteiger partial charge is 0.497 e. The molecule has 0 unspecified atom stereocenters. The lowest BCUT2D eigenvalue weighted by Crippen LogP contribution is -2.35. The molecule has 19 heavy (non-hydrogen) atoms. The van der Waals surface area contributed by atoms with E-state index >= 15 is 0 Å². The predicted octanol–water partition coefficient (Wildman–Crippen LogP) is 1.32. The van der Waals surface area contributed by atoms with E-state index < -0.39 is 11.4 Å². The Morgan fingerprint density at radius 3 is 2.42 bits per heavy atom. The third-order valence-corrected chi connectivity index (χ3v) is 3.45. The second-order valence-electron chi connectivity index (χ2n) is 4.71. The fourth-order valence-electron chi connectivity index (χ4n) is 2.13. The van der Waals surface area contributed by atoms with Crippen LogP contribution in [0.25, 0.3) is 0 Å². The normalized spacial score (nSPS) is 15.6. The minimum Gasteiger partial charge on any atom is -0.497 e. The highest BCUT2D eigenvalue weighted by molar-refractivity contribution is 5.91. The standard InChI is InChI=1S/C14H17NO4/c1-19-11-4-2-10(3-5-11)14(7-8-14)13(18)15-9-6-12(16)17/h2-5H,6-9H2,1H3,(H,15,18)(H,16,17). The van der Waals surface area contributed by atoms with Crippen molar-refractivity contribution in [3.05, 3.63) is 29.8 Å². The fourth-order valence-corrected chi connectivity index (χ4v) is 2.13. The number of nitrogens with one attached hydrogen (secondary N) is 1. The van der Waals surface area contributed by atoms with Crippen molar-refractivity contribution in [2.45, 2.75) is 24.7 Å². The van der Waals surface area contributed by atoms with Crippen LogP contribution < -0.4 is 10.1 Å². The van der Waals surface area contributed by atoms with Gasteiger partial charge in [-0.2, -0.15) is 0 Å². The summed E-state index contributed by atoms with van der Waals surface area (Å²) in [4.78, 5) is 22.5.